The van der Waals surface area contributed by atoms with Crippen molar-refractivity contribution in [2.75, 3.05) is 6.54 Å². The first-order valence-electron chi connectivity index (χ1n) is 6.48. The van der Waals surface area contributed by atoms with Gasteiger partial charge in [-0.3, -0.25) is 4.79 Å². The van der Waals surface area contributed by atoms with Crippen molar-refractivity contribution >= 4 is 22.1 Å². The van der Waals surface area contributed by atoms with E-state index in [1.54, 1.807) is 12.1 Å². The van der Waals surface area contributed by atoms with Gasteiger partial charge in [-0.15, -0.1) is 0 Å². The largest absolute Gasteiger partial charge is 0.480 e. The van der Waals surface area contributed by atoms with E-state index in [0.717, 1.165) is 21.7 Å². The first kappa shape index (κ1) is 14.7. The highest BCUT2D eigenvalue weighted by Crippen LogP contribution is 2.22. The van der Waals surface area contributed by atoms with Crippen molar-refractivity contribution in [1.29, 1.82) is 0 Å². The molecule has 0 unspecified atom stereocenters. The van der Waals surface area contributed by atoms with Crippen molar-refractivity contribution in [2.24, 2.45) is 0 Å². The van der Waals surface area contributed by atoms with Crippen molar-refractivity contribution in [3.05, 3.63) is 41.3 Å². The number of hydrogen-bond donors (Lipinski definition) is 1. The van der Waals surface area contributed by atoms with Crippen molar-refractivity contribution in [3.8, 4) is 0 Å². The molecule has 1 aliphatic heterocycles. The third-order valence-electron chi connectivity index (χ3n) is 3.30. The summed E-state index contributed by atoms with van der Waals surface area (Å²) in [6, 6.07) is 8.10. The van der Waals surface area contributed by atoms with Crippen molar-refractivity contribution < 1.29 is 18.3 Å². The van der Waals surface area contributed by atoms with Gasteiger partial charge in [0.2, 0.25) is 10.0 Å². The Morgan fingerprint density at radius 1 is 1.25 bits per heavy atom. The highest BCUT2D eigenvalue weighted by Gasteiger charge is 2.35. The molecule has 1 saturated heterocycles. The van der Waals surface area contributed by atoms with Crippen LogP contribution in [0.4, 0.5) is 0 Å². The zero-order valence-corrected chi connectivity index (χ0v) is 11.8. The number of carboxylic acids is 1. The quantitative estimate of drug-likeness (QED) is 0.921. The average Bonchev–Trinajstić information content (AvgIpc) is 2.46. The maximum Gasteiger partial charge on any atom is 0.322 e. The monoisotopic (exact) mass is 295 g/mol. The van der Waals surface area contributed by atoms with Crippen molar-refractivity contribution in [1.82, 2.24) is 4.31 Å². The molecule has 5 nitrogen and oxygen atoms in total. The summed E-state index contributed by atoms with van der Waals surface area (Å²) in [6.07, 6.45) is 3.30. The Kier molecular flexibility index (Phi) is 4.57. The molecule has 0 spiro atoms. The van der Waals surface area contributed by atoms with Gasteiger partial charge in [0.05, 0.1) is 0 Å². The molecule has 108 valence electrons. The predicted octanol–water partition coefficient (Wildman–Crippen LogP) is 1.93. The van der Waals surface area contributed by atoms with Crippen LogP contribution in [0.2, 0.25) is 0 Å². The van der Waals surface area contributed by atoms with Gasteiger partial charge in [-0.2, -0.15) is 4.31 Å². The normalized spacial score (nSPS) is 21.1. The molecule has 1 aromatic carbocycles. The topological polar surface area (TPSA) is 74.7 Å². The van der Waals surface area contributed by atoms with E-state index < -0.39 is 22.0 Å². The van der Waals surface area contributed by atoms with Gasteiger partial charge in [-0.1, -0.05) is 30.3 Å². The van der Waals surface area contributed by atoms with Gasteiger partial charge in [0.1, 0.15) is 6.04 Å². The maximum absolute atomic E-state index is 12.2. The van der Waals surface area contributed by atoms with E-state index in [-0.39, 0.29) is 6.54 Å². The van der Waals surface area contributed by atoms with Gasteiger partial charge in [-0.25, -0.2) is 8.42 Å². The molecule has 0 aliphatic carbocycles. The highest BCUT2D eigenvalue weighted by molar-refractivity contribution is 7.92. The molecule has 0 amide bonds. The van der Waals surface area contributed by atoms with E-state index in [1.165, 1.54) is 6.08 Å². The standard InChI is InChI=1S/C14H17NO4S/c16-14(17)13-8-4-5-10-15(13)20(18,19)11-9-12-6-2-1-3-7-12/h1-3,6-7,9,11,13H,4-5,8,10H2,(H,16,17)/t13-/m0/s1. The lowest BCUT2D eigenvalue weighted by Gasteiger charge is -2.30. The van der Waals surface area contributed by atoms with Gasteiger partial charge >= 0.3 is 5.97 Å². The first-order chi connectivity index (χ1) is 9.50. The Labute approximate surface area is 118 Å². The number of carboxylic acid groups (broad SMARTS) is 1. The highest BCUT2D eigenvalue weighted by atomic mass is 32.2. The SMILES string of the molecule is O=C(O)[C@@H]1CCCCN1S(=O)(=O)C=Cc1ccccc1. The molecule has 1 aromatic rings. The Bertz CT molecular complexity index is 595. The Hall–Kier alpha value is -1.66. The lowest BCUT2D eigenvalue weighted by molar-refractivity contribution is -0.142. The molecule has 1 N–H and O–H groups in total. The van der Waals surface area contributed by atoms with Crippen LogP contribution in [0.3, 0.4) is 0 Å². The molecule has 2 rings (SSSR count). The minimum Gasteiger partial charge on any atom is -0.480 e. The number of nitrogens with zero attached hydrogens (tertiary/aromatic N) is 1. The summed E-state index contributed by atoms with van der Waals surface area (Å²) in [4.78, 5) is 11.2. The lowest BCUT2D eigenvalue weighted by atomic mass is 10.1. The maximum atomic E-state index is 12.2. The lowest BCUT2D eigenvalue weighted by Crippen LogP contribution is -2.47. The summed E-state index contributed by atoms with van der Waals surface area (Å²) < 4.78 is 25.6. The number of rotatable bonds is 4. The average molecular weight is 295 g/mol. The summed E-state index contributed by atoms with van der Waals surface area (Å²) in [5, 5.41) is 10.2. The molecule has 0 bridgehead atoms. The van der Waals surface area contributed by atoms with E-state index >= 15 is 0 Å². The Morgan fingerprint density at radius 3 is 2.60 bits per heavy atom. The fourth-order valence-corrected chi connectivity index (χ4v) is 3.68. The van der Waals surface area contributed by atoms with Gasteiger partial charge in [0, 0.05) is 12.0 Å². The molecule has 1 aliphatic rings. The first-order valence-corrected chi connectivity index (χ1v) is 7.99. The van der Waals surface area contributed by atoms with Crippen LogP contribution in [0.1, 0.15) is 24.8 Å². The molecule has 0 aromatic heterocycles. The van der Waals surface area contributed by atoms with E-state index in [1.807, 2.05) is 18.2 Å². The molecule has 1 fully saturated rings. The van der Waals surface area contributed by atoms with Crippen molar-refractivity contribution in [2.45, 2.75) is 25.3 Å². The van der Waals surface area contributed by atoms with Crippen LogP contribution in [0.25, 0.3) is 6.08 Å². The molecule has 20 heavy (non-hydrogen) atoms. The fraction of sp³-hybridized carbons (Fsp3) is 0.357. The summed E-state index contributed by atoms with van der Waals surface area (Å²) in [5.41, 5.74) is 0.764. The number of hydrogen-bond acceptors (Lipinski definition) is 3. The minimum atomic E-state index is -3.70. The molecule has 1 atom stereocenters. The van der Waals surface area contributed by atoms with Gasteiger partial charge in [0.15, 0.2) is 0 Å². The Balaban J connectivity index is 2.20. The summed E-state index contributed by atoms with van der Waals surface area (Å²) >= 11 is 0. The molecule has 1 heterocycles. The molecular weight excluding hydrogens is 278 g/mol. The van der Waals surface area contributed by atoms with Crippen LogP contribution in [-0.4, -0.2) is 36.4 Å². The van der Waals surface area contributed by atoms with Gasteiger partial charge < -0.3 is 5.11 Å². The molecule has 0 radical (unpaired) electrons. The predicted molar refractivity (Wildman–Crippen MR) is 76.4 cm³/mol. The number of benzene rings is 1. The third kappa shape index (κ3) is 3.46. The van der Waals surface area contributed by atoms with Gasteiger partial charge in [-0.05, 0) is 30.9 Å². The Morgan fingerprint density at radius 2 is 1.95 bits per heavy atom. The van der Waals surface area contributed by atoms with E-state index in [4.69, 9.17) is 5.11 Å². The number of aliphatic carboxylic acids is 1. The molecular formula is C14H17NO4S. The second-order valence-corrected chi connectivity index (χ2v) is 6.49. The van der Waals surface area contributed by atoms with E-state index in [2.05, 4.69) is 0 Å². The second-order valence-electron chi connectivity index (χ2n) is 4.72. The summed E-state index contributed by atoms with van der Waals surface area (Å²) in [7, 11) is -3.70. The zero-order chi connectivity index (χ0) is 14.6. The zero-order valence-electron chi connectivity index (χ0n) is 11.0. The van der Waals surface area contributed by atoms with E-state index in [9.17, 15) is 13.2 Å². The van der Waals surface area contributed by atoms with Crippen LogP contribution in [-0.2, 0) is 14.8 Å². The summed E-state index contributed by atoms with van der Waals surface area (Å²) in [6.45, 7) is 0.262. The van der Waals surface area contributed by atoms with Crippen molar-refractivity contribution in [3.63, 3.8) is 0 Å². The molecule has 6 heteroatoms. The third-order valence-corrected chi connectivity index (χ3v) is 4.87. The van der Waals surface area contributed by atoms with Crippen LogP contribution in [0, 0.1) is 0 Å². The second kappa shape index (κ2) is 6.19. The van der Waals surface area contributed by atoms with Crippen LogP contribution < -0.4 is 0 Å². The molecule has 0 saturated carbocycles. The van der Waals surface area contributed by atoms with Gasteiger partial charge in [0.25, 0.3) is 0 Å². The van der Waals surface area contributed by atoms with E-state index in [0.29, 0.717) is 12.8 Å². The smallest absolute Gasteiger partial charge is 0.322 e. The fourth-order valence-electron chi connectivity index (χ4n) is 2.26. The van der Waals surface area contributed by atoms with Crippen LogP contribution in [0.5, 0.6) is 0 Å². The minimum absolute atomic E-state index is 0.262. The van der Waals surface area contributed by atoms with Crippen LogP contribution in [0.15, 0.2) is 35.7 Å². The number of piperidine rings is 1. The number of carbonyl (C=O) groups is 1. The summed E-state index contributed by atoms with van der Waals surface area (Å²) in [5.74, 6) is -1.08. The number of sulfonamides is 1. The van der Waals surface area contributed by atoms with Crippen LogP contribution >= 0.6 is 0 Å².